The number of hydrogen-bond acceptors (Lipinski definition) is 6. The van der Waals surface area contributed by atoms with Gasteiger partial charge in [0.1, 0.15) is 11.6 Å². The van der Waals surface area contributed by atoms with Gasteiger partial charge in [-0.3, -0.25) is 4.72 Å². The Morgan fingerprint density at radius 2 is 1.48 bits per heavy atom. The number of sulfonamides is 1. The van der Waals surface area contributed by atoms with E-state index in [2.05, 4.69) is 20.0 Å². The first-order valence-electron chi connectivity index (χ1n) is 9.37. The molecule has 3 aromatic carbocycles. The van der Waals surface area contributed by atoms with E-state index < -0.39 is 15.8 Å². The van der Waals surface area contributed by atoms with Crippen LogP contribution in [0.1, 0.15) is 5.56 Å². The van der Waals surface area contributed by atoms with Crippen LogP contribution in [0.15, 0.2) is 77.7 Å². The molecule has 1 aromatic heterocycles. The van der Waals surface area contributed by atoms with Crippen LogP contribution in [0.3, 0.4) is 0 Å². The third kappa shape index (κ3) is 4.56. The van der Waals surface area contributed by atoms with Crippen LogP contribution in [0.4, 0.5) is 16.0 Å². The maximum atomic E-state index is 13.2. The second-order valence-corrected chi connectivity index (χ2v) is 8.32. The summed E-state index contributed by atoms with van der Waals surface area (Å²) in [6, 6.07) is 19.1. The van der Waals surface area contributed by atoms with Crippen LogP contribution in [-0.4, -0.2) is 25.5 Å². The second-order valence-electron chi connectivity index (χ2n) is 6.63. The fraction of sp³-hybridized carbons (Fsp3) is 0.0909. The average Bonchev–Trinajstić information content (AvgIpc) is 2.78. The summed E-state index contributed by atoms with van der Waals surface area (Å²) in [6.45, 7) is 0.336. The first-order valence-corrected chi connectivity index (χ1v) is 10.9. The lowest BCUT2D eigenvalue weighted by Crippen LogP contribution is -2.16. The second kappa shape index (κ2) is 8.57. The first kappa shape index (κ1) is 20.5. The van der Waals surface area contributed by atoms with Crippen LogP contribution < -0.4 is 14.8 Å². The summed E-state index contributed by atoms with van der Waals surface area (Å²) in [4.78, 5) is 8.89. The van der Waals surface area contributed by atoms with Crippen LogP contribution in [0, 0.1) is 5.82 Å². The zero-order valence-electron chi connectivity index (χ0n) is 16.5. The van der Waals surface area contributed by atoms with Crippen LogP contribution in [0.5, 0.6) is 5.75 Å². The Morgan fingerprint density at radius 1 is 0.871 bits per heavy atom. The van der Waals surface area contributed by atoms with Crippen molar-refractivity contribution in [3.05, 3.63) is 84.2 Å². The van der Waals surface area contributed by atoms with Gasteiger partial charge in [-0.2, -0.15) is 0 Å². The summed E-state index contributed by atoms with van der Waals surface area (Å²) >= 11 is 0. The number of anilines is 2. The van der Waals surface area contributed by atoms with E-state index in [1.807, 2.05) is 30.3 Å². The average molecular weight is 438 g/mol. The molecule has 4 aromatic rings. The van der Waals surface area contributed by atoms with Crippen LogP contribution >= 0.6 is 0 Å². The van der Waals surface area contributed by atoms with Gasteiger partial charge in [0.05, 0.1) is 23.0 Å². The first-order chi connectivity index (χ1) is 15.0. The molecule has 2 N–H and O–H groups in total. The largest absolute Gasteiger partial charge is 0.496 e. The number of rotatable bonds is 7. The Bertz CT molecular complexity index is 1330. The molecule has 0 radical (unpaired) electrons. The van der Waals surface area contributed by atoms with Gasteiger partial charge in [0.2, 0.25) is 0 Å². The summed E-state index contributed by atoms with van der Waals surface area (Å²) < 4.78 is 46.7. The highest BCUT2D eigenvalue weighted by Gasteiger charge is 2.19. The van der Waals surface area contributed by atoms with E-state index in [-0.39, 0.29) is 16.5 Å². The van der Waals surface area contributed by atoms with E-state index in [9.17, 15) is 12.8 Å². The predicted molar refractivity (Wildman–Crippen MR) is 117 cm³/mol. The molecule has 1 heterocycles. The number of ether oxygens (including phenoxy) is 1. The number of methoxy groups -OCH3 is 1. The van der Waals surface area contributed by atoms with Gasteiger partial charge >= 0.3 is 0 Å². The van der Waals surface area contributed by atoms with E-state index in [4.69, 9.17) is 4.74 Å². The van der Waals surface area contributed by atoms with E-state index in [0.29, 0.717) is 23.3 Å². The molecule has 0 aliphatic heterocycles. The summed E-state index contributed by atoms with van der Waals surface area (Å²) in [6.07, 6.45) is 0. The molecule has 0 aliphatic rings. The monoisotopic (exact) mass is 438 g/mol. The summed E-state index contributed by atoms with van der Waals surface area (Å²) in [5.41, 5.74) is 2.00. The lowest BCUT2D eigenvalue weighted by Gasteiger charge is -2.15. The zero-order chi connectivity index (χ0) is 21.8. The van der Waals surface area contributed by atoms with Crippen molar-refractivity contribution < 1.29 is 17.5 Å². The molecule has 0 spiro atoms. The predicted octanol–water partition coefficient (Wildman–Crippen LogP) is 4.19. The topological polar surface area (TPSA) is 93.2 Å². The molecule has 0 saturated carbocycles. The molecular weight excluding hydrogens is 419 g/mol. The SMILES string of the molecule is COc1ccccc1CNc1nc2ccccc2nc1NS(=O)(=O)c1ccc(F)cc1. The third-order valence-electron chi connectivity index (χ3n) is 4.56. The van der Waals surface area contributed by atoms with Crippen molar-refractivity contribution in [2.24, 2.45) is 0 Å². The Morgan fingerprint density at radius 3 is 2.16 bits per heavy atom. The van der Waals surface area contributed by atoms with E-state index in [1.165, 1.54) is 12.1 Å². The van der Waals surface area contributed by atoms with Gasteiger partial charge in [-0.25, -0.2) is 22.8 Å². The summed E-state index contributed by atoms with van der Waals surface area (Å²) in [5.74, 6) is 0.467. The normalized spacial score (nSPS) is 11.3. The number of para-hydroxylation sites is 3. The van der Waals surface area contributed by atoms with Gasteiger partial charge in [0.15, 0.2) is 11.6 Å². The maximum absolute atomic E-state index is 13.2. The molecule has 9 heteroatoms. The lowest BCUT2D eigenvalue weighted by atomic mass is 10.2. The third-order valence-corrected chi connectivity index (χ3v) is 5.92. The van der Waals surface area contributed by atoms with Crippen molar-refractivity contribution in [2.75, 3.05) is 17.1 Å². The van der Waals surface area contributed by atoms with Crippen molar-refractivity contribution >= 4 is 32.7 Å². The number of nitrogens with zero attached hydrogens (tertiary/aromatic N) is 2. The molecule has 0 amide bonds. The van der Waals surface area contributed by atoms with Crippen molar-refractivity contribution in [3.8, 4) is 5.75 Å². The van der Waals surface area contributed by atoms with Crippen molar-refractivity contribution in [1.29, 1.82) is 0 Å². The fourth-order valence-corrected chi connectivity index (χ4v) is 4.03. The van der Waals surface area contributed by atoms with Crippen LogP contribution in [0.2, 0.25) is 0 Å². The van der Waals surface area contributed by atoms with Gasteiger partial charge in [-0.1, -0.05) is 30.3 Å². The Kier molecular flexibility index (Phi) is 5.68. The van der Waals surface area contributed by atoms with E-state index in [1.54, 1.807) is 25.3 Å². The molecule has 0 bridgehead atoms. The summed E-state index contributed by atoms with van der Waals surface area (Å²) in [5, 5.41) is 3.14. The number of aromatic nitrogens is 2. The van der Waals surface area contributed by atoms with Gasteiger partial charge in [0, 0.05) is 12.1 Å². The molecule has 0 fully saturated rings. The minimum atomic E-state index is -4.00. The summed E-state index contributed by atoms with van der Waals surface area (Å²) in [7, 11) is -2.42. The van der Waals surface area contributed by atoms with Gasteiger partial charge in [-0.05, 0) is 42.5 Å². The maximum Gasteiger partial charge on any atom is 0.263 e. The van der Waals surface area contributed by atoms with E-state index >= 15 is 0 Å². The molecule has 7 nitrogen and oxygen atoms in total. The quantitative estimate of drug-likeness (QED) is 0.449. The highest BCUT2D eigenvalue weighted by atomic mass is 32.2. The van der Waals surface area contributed by atoms with Gasteiger partial charge in [-0.15, -0.1) is 0 Å². The molecule has 0 aliphatic carbocycles. The van der Waals surface area contributed by atoms with Crippen LogP contribution in [0.25, 0.3) is 11.0 Å². The molecule has 0 saturated heterocycles. The van der Waals surface area contributed by atoms with E-state index in [0.717, 1.165) is 17.7 Å². The Labute approximate surface area is 179 Å². The molecule has 158 valence electrons. The minimum Gasteiger partial charge on any atom is -0.496 e. The number of benzene rings is 3. The number of nitrogens with one attached hydrogen (secondary N) is 2. The number of halogens is 1. The highest BCUT2D eigenvalue weighted by molar-refractivity contribution is 7.92. The standard InChI is InChI=1S/C22H19FN4O3S/c1-30-20-9-5-2-6-15(20)14-24-21-22(26-19-8-4-3-7-18(19)25-21)27-31(28,29)17-12-10-16(23)11-13-17/h2-13H,14H2,1H3,(H,24,25)(H,26,27). The molecule has 0 atom stereocenters. The minimum absolute atomic E-state index is 0.0397. The molecule has 4 rings (SSSR count). The van der Waals surface area contributed by atoms with Crippen molar-refractivity contribution in [1.82, 2.24) is 9.97 Å². The number of fused-ring (bicyclic) bond motifs is 1. The lowest BCUT2D eigenvalue weighted by molar-refractivity contribution is 0.410. The highest BCUT2D eigenvalue weighted by Crippen LogP contribution is 2.26. The van der Waals surface area contributed by atoms with Crippen LogP contribution in [-0.2, 0) is 16.6 Å². The Balaban J connectivity index is 1.70. The number of hydrogen-bond donors (Lipinski definition) is 2. The molecule has 0 unspecified atom stereocenters. The van der Waals surface area contributed by atoms with Crippen molar-refractivity contribution in [2.45, 2.75) is 11.4 Å². The van der Waals surface area contributed by atoms with Gasteiger partial charge < -0.3 is 10.1 Å². The van der Waals surface area contributed by atoms with Gasteiger partial charge in [0.25, 0.3) is 10.0 Å². The molecular formula is C22H19FN4O3S. The smallest absolute Gasteiger partial charge is 0.263 e. The Hall–Kier alpha value is -3.72. The zero-order valence-corrected chi connectivity index (χ0v) is 17.4. The van der Waals surface area contributed by atoms with Crippen molar-refractivity contribution in [3.63, 3.8) is 0 Å². The fourth-order valence-electron chi connectivity index (χ4n) is 3.02. The molecule has 31 heavy (non-hydrogen) atoms.